The predicted molar refractivity (Wildman–Crippen MR) is 140 cm³/mol. The van der Waals surface area contributed by atoms with E-state index in [0.717, 1.165) is 54.0 Å². The third-order valence-electron chi connectivity index (χ3n) is 7.58. The molecule has 8 nitrogen and oxygen atoms in total. The summed E-state index contributed by atoms with van der Waals surface area (Å²) in [6, 6.07) is 11.9. The van der Waals surface area contributed by atoms with E-state index in [4.69, 9.17) is 9.97 Å². The van der Waals surface area contributed by atoms with Crippen molar-refractivity contribution in [3.05, 3.63) is 71.7 Å². The van der Waals surface area contributed by atoms with E-state index in [1.807, 2.05) is 36.7 Å². The van der Waals surface area contributed by atoms with E-state index in [9.17, 15) is 5.11 Å². The average molecular weight is 480 g/mol. The first-order chi connectivity index (χ1) is 17.7. The summed E-state index contributed by atoms with van der Waals surface area (Å²) in [5.41, 5.74) is 5.36. The lowest BCUT2D eigenvalue weighted by atomic mass is 10.1. The Morgan fingerprint density at radius 2 is 1.86 bits per heavy atom. The molecule has 1 aliphatic heterocycles. The second-order valence-electron chi connectivity index (χ2n) is 10.0. The van der Waals surface area contributed by atoms with Gasteiger partial charge in [-0.1, -0.05) is 24.3 Å². The molecule has 36 heavy (non-hydrogen) atoms. The van der Waals surface area contributed by atoms with Crippen LogP contribution in [0.1, 0.15) is 41.5 Å². The molecule has 2 fully saturated rings. The molecule has 7 rings (SSSR count). The smallest absolute Gasteiger partial charge is 0.162 e. The van der Waals surface area contributed by atoms with Crippen LogP contribution in [0.15, 0.2) is 55.0 Å². The molecule has 0 spiro atoms. The highest BCUT2D eigenvalue weighted by Crippen LogP contribution is 2.45. The van der Waals surface area contributed by atoms with Crippen LogP contribution in [-0.4, -0.2) is 57.3 Å². The van der Waals surface area contributed by atoms with Gasteiger partial charge >= 0.3 is 0 Å². The zero-order chi connectivity index (χ0) is 24.1. The topological polar surface area (TPSA) is 99.1 Å². The van der Waals surface area contributed by atoms with Crippen LogP contribution in [0.2, 0.25) is 0 Å². The quantitative estimate of drug-likeness (QED) is 0.400. The first-order valence-electron chi connectivity index (χ1n) is 12.8. The Morgan fingerprint density at radius 1 is 1.00 bits per heavy atom. The average Bonchev–Trinajstić information content (AvgIpc) is 3.73. The number of pyridine rings is 2. The summed E-state index contributed by atoms with van der Waals surface area (Å²) in [5.74, 6) is 2.94. The van der Waals surface area contributed by atoms with E-state index in [1.54, 1.807) is 6.20 Å². The van der Waals surface area contributed by atoms with Crippen molar-refractivity contribution in [2.24, 2.45) is 0 Å². The Labute approximate surface area is 209 Å². The van der Waals surface area contributed by atoms with Crippen LogP contribution in [0.4, 0.5) is 11.6 Å². The molecule has 3 N–H and O–H groups in total. The Hall–Kier alpha value is -3.62. The lowest BCUT2D eigenvalue weighted by molar-refractivity contribution is 0.165. The fourth-order valence-electron chi connectivity index (χ4n) is 5.58. The fourth-order valence-corrected chi connectivity index (χ4v) is 5.58. The lowest BCUT2D eigenvalue weighted by Gasteiger charge is -2.30. The summed E-state index contributed by atoms with van der Waals surface area (Å²) in [4.78, 5) is 21.6. The van der Waals surface area contributed by atoms with E-state index < -0.39 is 6.10 Å². The third kappa shape index (κ3) is 3.86. The van der Waals surface area contributed by atoms with Gasteiger partial charge in [-0.2, -0.15) is 0 Å². The van der Waals surface area contributed by atoms with Gasteiger partial charge < -0.3 is 20.6 Å². The van der Waals surface area contributed by atoms with Gasteiger partial charge in [-0.25, -0.2) is 15.0 Å². The van der Waals surface area contributed by atoms with Crippen molar-refractivity contribution in [1.29, 1.82) is 0 Å². The van der Waals surface area contributed by atoms with E-state index in [-0.39, 0.29) is 6.04 Å². The van der Waals surface area contributed by atoms with E-state index in [2.05, 4.69) is 37.6 Å². The highest BCUT2D eigenvalue weighted by Gasteiger charge is 2.31. The molecule has 2 aliphatic carbocycles. The van der Waals surface area contributed by atoms with Crippen LogP contribution < -0.4 is 15.5 Å². The van der Waals surface area contributed by atoms with Gasteiger partial charge in [0.15, 0.2) is 5.82 Å². The fraction of sp³-hybridized carbons (Fsp3) is 0.357. The Bertz CT molecular complexity index is 1430. The van der Waals surface area contributed by atoms with Crippen LogP contribution in [0.25, 0.3) is 22.3 Å². The molecule has 4 heterocycles. The number of benzene rings is 1. The number of hydrogen-bond donors (Lipinski definition) is 3. The summed E-state index contributed by atoms with van der Waals surface area (Å²) in [7, 11) is 0. The van der Waals surface area contributed by atoms with Crippen molar-refractivity contribution in [3.8, 4) is 11.4 Å². The summed E-state index contributed by atoms with van der Waals surface area (Å²) < 4.78 is 0. The molecule has 0 amide bonds. The molecular weight excluding hydrogens is 450 g/mol. The van der Waals surface area contributed by atoms with Crippen molar-refractivity contribution in [2.75, 3.05) is 36.4 Å². The third-order valence-corrected chi connectivity index (χ3v) is 7.58. The number of aromatic nitrogens is 4. The number of rotatable bonds is 5. The molecule has 2 atom stereocenters. The minimum Gasteiger partial charge on any atom is -0.390 e. The SMILES string of the molecule is O[C@H]1Cc2ccccc2C1Nc1cc(-c2nc(N3CCNCC3)c3c(C4CC4)cncc3n2)ccn1. The molecule has 1 saturated heterocycles. The number of aliphatic hydroxyl groups is 1. The number of piperazine rings is 1. The maximum absolute atomic E-state index is 10.7. The number of anilines is 2. The second kappa shape index (κ2) is 8.80. The molecule has 1 aromatic carbocycles. The molecule has 3 aromatic heterocycles. The molecule has 182 valence electrons. The molecule has 3 aliphatic rings. The highest BCUT2D eigenvalue weighted by atomic mass is 16.3. The lowest BCUT2D eigenvalue weighted by Crippen LogP contribution is -2.44. The Morgan fingerprint density at radius 3 is 2.72 bits per heavy atom. The van der Waals surface area contributed by atoms with Crippen molar-refractivity contribution in [3.63, 3.8) is 0 Å². The maximum atomic E-state index is 10.7. The minimum absolute atomic E-state index is 0.191. The van der Waals surface area contributed by atoms with Gasteiger partial charge in [0.2, 0.25) is 0 Å². The first kappa shape index (κ1) is 21.6. The van der Waals surface area contributed by atoms with Crippen molar-refractivity contribution in [2.45, 2.75) is 37.3 Å². The van der Waals surface area contributed by atoms with Gasteiger partial charge in [0.25, 0.3) is 0 Å². The summed E-state index contributed by atoms with van der Waals surface area (Å²) in [6.07, 6.45) is 8.22. The number of fused-ring (bicyclic) bond motifs is 2. The van der Waals surface area contributed by atoms with Crippen molar-refractivity contribution < 1.29 is 5.11 Å². The number of hydrogen-bond acceptors (Lipinski definition) is 8. The van der Waals surface area contributed by atoms with Gasteiger partial charge in [0.1, 0.15) is 11.6 Å². The molecule has 1 saturated carbocycles. The highest BCUT2D eigenvalue weighted by molar-refractivity contribution is 5.94. The van der Waals surface area contributed by atoms with Crippen molar-refractivity contribution in [1.82, 2.24) is 25.3 Å². The van der Waals surface area contributed by atoms with Crippen LogP contribution >= 0.6 is 0 Å². The standard InChI is InChI=1S/C28H29N7O/c36-23-13-18-3-1-2-4-20(18)26(23)33-24-14-19(7-8-31-24)27-32-22-16-30-15-21(17-5-6-17)25(22)28(34-27)35-11-9-29-10-12-35/h1-4,7-8,14-17,23,26,29,36H,5-6,9-13H2,(H,31,33)/t23-,26?/m0/s1. The molecule has 4 aromatic rings. The molecule has 0 bridgehead atoms. The van der Waals surface area contributed by atoms with Gasteiger partial charge in [-0.05, 0) is 47.6 Å². The van der Waals surface area contributed by atoms with E-state index >= 15 is 0 Å². The van der Waals surface area contributed by atoms with Crippen molar-refractivity contribution >= 4 is 22.5 Å². The number of nitrogens with zero attached hydrogens (tertiary/aromatic N) is 5. The van der Waals surface area contributed by atoms with Gasteiger partial charge in [0, 0.05) is 55.9 Å². The van der Waals surface area contributed by atoms with Gasteiger partial charge in [0.05, 0.1) is 23.9 Å². The monoisotopic (exact) mass is 479 g/mol. The Balaban J connectivity index is 1.28. The molecular formula is C28H29N7O. The second-order valence-corrected chi connectivity index (χ2v) is 10.0. The molecule has 8 heteroatoms. The minimum atomic E-state index is -0.490. The zero-order valence-corrected chi connectivity index (χ0v) is 20.1. The maximum Gasteiger partial charge on any atom is 0.162 e. The van der Waals surface area contributed by atoms with E-state index in [0.29, 0.717) is 24.0 Å². The normalized spacial score (nSPS) is 21.5. The van der Waals surface area contributed by atoms with Crippen LogP contribution in [-0.2, 0) is 6.42 Å². The van der Waals surface area contributed by atoms with Crippen LogP contribution in [0.3, 0.4) is 0 Å². The molecule has 0 radical (unpaired) electrons. The molecule has 1 unspecified atom stereocenters. The summed E-state index contributed by atoms with van der Waals surface area (Å²) in [6.45, 7) is 3.72. The van der Waals surface area contributed by atoms with Crippen LogP contribution in [0, 0.1) is 0 Å². The largest absolute Gasteiger partial charge is 0.390 e. The number of aliphatic hydroxyl groups excluding tert-OH is 1. The summed E-state index contributed by atoms with van der Waals surface area (Å²) in [5, 5.41) is 18.8. The van der Waals surface area contributed by atoms with Gasteiger partial charge in [-0.15, -0.1) is 0 Å². The predicted octanol–water partition coefficient (Wildman–Crippen LogP) is 3.44. The first-order valence-corrected chi connectivity index (χ1v) is 12.8. The number of nitrogens with one attached hydrogen (secondary N) is 2. The van der Waals surface area contributed by atoms with Gasteiger partial charge in [-0.3, -0.25) is 4.98 Å². The summed E-state index contributed by atoms with van der Waals surface area (Å²) >= 11 is 0. The van der Waals surface area contributed by atoms with E-state index in [1.165, 1.54) is 24.0 Å². The van der Waals surface area contributed by atoms with Crippen LogP contribution in [0.5, 0.6) is 0 Å². The Kier molecular flexibility index (Phi) is 5.29. The zero-order valence-electron chi connectivity index (χ0n) is 20.1.